The van der Waals surface area contributed by atoms with Gasteiger partial charge in [0.05, 0.1) is 17.1 Å². The Kier molecular flexibility index (Phi) is 7.40. The first kappa shape index (κ1) is 24.1. The molecular weight excluding hydrogens is 378 g/mol. The summed E-state index contributed by atoms with van der Waals surface area (Å²) in [5.41, 5.74) is 0.0448. The number of phenolic OH excluding ortho intramolecular Hbond substituents is 1. The molecule has 0 unspecified atom stereocenters. The van der Waals surface area contributed by atoms with E-state index in [-0.39, 0.29) is 39.7 Å². The van der Waals surface area contributed by atoms with Crippen molar-refractivity contribution in [1.29, 1.82) is 0 Å². The third kappa shape index (κ3) is 8.83. The van der Waals surface area contributed by atoms with Crippen molar-refractivity contribution in [3.05, 3.63) is 22.7 Å². The van der Waals surface area contributed by atoms with Crippen molar-refractivity contribution in [2.45, 2.75) is 79.3 Å². The topological polar surface area (TPSA) is 90.5 Å². The molecule has 0 bridgehead atoms. The van der Waals surface area contributed by atoms with Gasteiger partial charge >= 0.3 is 6.03 Å². The number of carbonyl (C=O) groups excluding carboxylic acids is 2. The Morgan fingerprint density at radius 1 is 1.00 bits per heavy atom. The normalized spacial score (nSPS) is 12.5. The summed E-state index contributed by atoms with van der Waals surface area (Å²) >= 11 is 6.09. The number of anilines is 1. The first-order chi connectivity index (χ1) is 12.5. The summed E-state index contributed by atoms with van der Waals surface area (Å²) in [4.78, 5) is 24.6. The molecule has 1 aromatic carbocycles. The first-order valence-corrected chi connectivity index (χ1v) is 9.77. The predicted molar refractivity (Wildman–Crippen MR) is 115 cm³/mol. The fraction of sp³-hybridized carbons (Fsp3) is 0.619. The van der Waals surface area contributed by atoms with E-state index >= 15 is 0 Å². The molecule has 0 aromatic heterocycles. The molecular formula is C21H34ClN3O3. The van der Waals surface area contributed by atoms with E-state index in [1.54, 1.807) is 6.07 Å². The molecule has 0 aliphatic heterocycles. The minimum atomic E-state index is -0.466. The summed E-state index contributed by atoms with van der Waals surface area (Å²) in [6.45, 7) is 15.9. The molecule has 0 spiro atoms. The van der Waals surface area contributed by atoms with Crippen molar-refractivity contribution in [2.75, 3.05) is 5.32 Å². The summed E-state index contributed by atoms with van der Waals surface area (Å²) < 4.78 is 0. The second-order valence-corrected chi connectivity index (χ2v) is 10.6. The zero-order valence-corrected chi connectivity index (χ0v) is 19.0. The maximum atomic E-state index is 12.5. The minimum Gasteiger partial charge on any atom is -0.504 e. The summed E-state index contributed by atoms with van der Waals surface area (Å²) in [6, 6.07) is 2.62. The fourth-order valence-electron chi connectivity index (χ4n) is 3.32. The molecule has 4 N–H and O–H groups in total. The summed E-state index contributed by atoms with van der Waals surface area (Å²) in [7, 11) is 0. The van der Waals surface area contributed by atoms with E-state index < -0.39 is 11.6 Å². The number of urea groups is 1. The zero-order valence-electron chi connectivity index (χ0n) is 18.2. The number of carbonyl (C=O) groups is 2. The lowest BCUT2D eigenvalue weighted by molar-refractivity contribution is -0.122. The molecule has 0 fully saturated rings. The van der Waals surface area contributed by atoms with Crippen LogP contribution in [0, 0.1) is 5.41 Å². The van der Waals surface area contributed by atoms with Crippen molar-refractivity contribution in [3.63, 3.8) is 0 Å². The molecule has 1 aromatic rings. The van der Waals surface area contributed by atoms with E-state index in [0.717, 1.165) is 6.42 Å². The van der Waals surface area contributed by atoms with Crippen LogP contribution in [0.2, 0.25) is 5.02 Å². The van der Waals surface area contributed by atoms with Gasteiger partial charge in [0.15, 0.2) is 5.75 Å². The van der Waals surface area contributed by atoms with Gasteiger partial charge in [-0.15, -0.1) is 0 Å². The van der Waals surface area contributed by atoms with Crippen molar-refractivity contribution >= 4 is 29.2 Å². The van der Waals surface area contributed by atoms with Crippen molar-refractivity contribution in [3.8, 4) is 5.75 Å². The quantitative estimate of drug-likeness (QED) is 0.522. The molecule has 0 radical (unpaired) electrons. The highest BCUT2D eigenvalue weighted by molar-refractivity contribution is 6.32. The average molecular weight is 412 g/mol. The van der Waals surface area contributed by atoms with Crippen LogP contribution in [0.5, 0.6) is 5.75 Å². The third-order valence-electron chi connectivity index (χ3n) is 3.67. The molecule has 0 saturated carbocycles. The molecule has 0 aliphatic rings. The SMILES string of the molecule is CC(C)(C)CC(C)(C)NC(=O)Cc1cc(Cl)c(O)c(NC(=O)NC(C)(C)C)c1. The molecule has 7 heteroatoms. The molecule has 1 rings (SSSR count). The molecule has 0 atom stereocenters. The molecule has 158 valence electrons. The number of aromatic hydroxyl groups is 1. The van der Waals surface area contributed by atoms with Gasteiger partial charge in [-0.2, -0.15) is 0 Å². The zero-order chi connectivity index (χ0) is 21.9. The van der Waals surface area contributed by atoms with Gasteiger partial charge in [-0.1, -0.05) is 32.4 Å². The maximum Gasteiger partial charge on any atom is 0.319 e. The van der Waals surface area contributed by atoms with Gasteiger partial charge in [-0.05, 0) is 64.2 Å². The van der Waals surface area contributed by atoms with Crippen LogP contribution in [0.25, 0.3) is 0 Å². The lowest BCUT2D eigenvalue weighted by atomic mass is 9.81. The number of rotatable bonds is 5. The summed E-state index contributed by atoms with van der Waals surface area (Å²) in [5.74, 6) is -0.385. The lowest BCUT2D eigenvalue weighted by Gasteiger charge is -2.33. The van der Waals surface area contributed by atoms with Crippen LogP contribution in [-0.4, -0.2) is 28.1 Å². The molecule has 0 aliphatic carbocycles. The van der Waals surface area contributed by atoms with Crippen LogP contribution in [0.4, 0.5) is 10.5 Å². The Bertz CT molecular complexity index is 732. The summed E-state index contributed by atoms with van der Waals surface area (Å²) in [5, 5.41) is 18.6. The Balaban J connectivity index is 2.91. The largest absolute Gasteiger partial charge is 0.504 e. The Hall–Kier alpha value is -1.95. The third-order valence-corrected chi connectivity index (χ3v) is 3.96. The standard InChI is InChI=1S/C21H34ClN3O3/c1-19(2,3)12-21(7,8)24-16(26)11-13-9-14(22)17(27)15(10-13)23-18(28)25-20(4,5)6/h9-10,27H,11-12H2,1-8H3,(H,24,26)(H2,23,25,28). The summed E-state index contributed by atoms with van der Waals surface area (Å²) in [6.07, 6.45) is 0.908. The van der Waals surface area contributed by atoms with E-state index in [1.807, 2.05) is 34.6 Å². The number of halogens is 1. The van der Waals surface area contributed by atoms with Crippen LogP contribution in [0.1, 0.15) is 67.4 Å². The van der Waals surface area contributed by atoms with Crippen LogP contribution < -0.4 is 16.0 Å². The highest BCUT2D eigenvalue weighted by atomic mass is 35.5. The van der Waals surface area contributed by atoms with Crippen molar-refractivity contribution in [1.82, 2.24) is 10.6 Å². The van der Waals surface area contributed by atoms with Crippen molar-refractivity contribution in [2.24, 2.45) is 5.41 Å². The van der Waals surface area contributed by atoms with Gasteiger partial charge in [0.1, 0.15) is 0 Å². The number of benzene rings is 1. The van der Waals surface area contributed by atoms with Gasteiger partial charge in [0.25, 0.3) is 0 Å². The smallest absolute Gasteiger partial charge is 0.319 e. The van der Waals surface area contributed by atoms with Gasteiger partial charge < -0.3 is 21.1 Å². The average Bonchev–Trinajstić information content (AvgIpc) is 2.38. The molecule has 28 heavy (non-hydrogen) atoms. The number of phenols is 1. The van der Waals surface area contributed by atoms with E-state index in [2.05, 4.69) is 36.7 Å². The van der Waals surface area contributed by atoms with Gasteiger partial charge in [0.2, 0.25) is 5.91 Å². The van der Waals surface area contributed by atoms with E-state index in [0.29, 0.717) is 5.56 Å². The Morgan fingerprint density at radius 3 is 2.07 bits per heavy atom. The second-order valence-electron chi connectivity index (χ2n) is 10.1. The fourth-order valence-corrected chi connectivity index (χ4v) is 3.57. The number of amides is 3. The molecule has 0 heterocycles. The minimum absolute atomic E-state index is 0.0744. The molecule has 0 saturated heterocycles. The maximum absolute atomic E-state index is 12.5. The van der Waals surface area contributed by atoms with Crippen molar-refractivity contribution < 1.29 is 14.7 Å². The molecule has 3 amide bonds. The monoisotopic (exact) mass is 411 g/mol. The lowest BCUT2D eigenvalue weighted by Crippen LogP contribution is -2.46. The van der Waals surface area contributed by atoms with Crippen LogP contribution in [0.15, 0.2) is 12.1 Å². The number of hydrogen-bond acceptors (Lipinski definition) is 3. The predicted octanol–water partition coefficient (Wildman–Crippen LogP) is 4.84. The van der Waals surface area contributed by atoms with Crippen LogP contribution in [-0.2, 0) is 11.2 Å². The highest BCUT2D eigenvalue weighted by Crippen LogP contribution is 2.34. The first-order valence-electron chi connectivity index (χ1n) is 9.39. The highest BCUT2D eigenvalue weighted by Gasteiger charge is 2.27. The number of hydrogen-bond donors (Lipinski definition) is 4. The second kappa shape index (κ2) is 8.60. The van der Waals surface area contributed by atoms with Gasteiger partial charge in [-0.25, -0.2) is 4.79 Å². The van der Waals surface area contributed by atoms with Crippen LogP contribution in [0.3, 0.4) is 0 Å². The van der Waals surface area contributed by atoms with Gasteiger partial charge in [-0.3, -0.25) is 4.79 Å². The van der Waals surface area contributed by atoms with E-state index in [1.165, 1.54) is 6.07 Å². The van der Waals surface area contributed by atoms with E-state index in [4.69, 9.17) is 11.6 Å². The Labute approximate surface area is 173 Å². The number of nitrogens with one attached hydrogen (secondary N) is 3. The Morgan fingerprint density at radius 2 is 1.57 bits per heavy atom. The van der Waals surface area contributed by atoms with E-state index in [9.17, 15) is 14.7 Å². The van der Waals surface area contributed by atoms with Gasteiger partial charge in [0, 0.05) is 11.1 Å². The molecule has 6 nitrogen and oxygen atoms in total. The van der Waals surface area contributed by atoms with Crippen LogP contribution >= 0.6 is 11.6 Å².